The van der Waals surface area contributed by atoms with Crippen LogP contribution in [0.4, 0.5) is 0 Å². The molecule has 1 heterocycles. The summed E-state index contributed by atoms with van der Waals surface area (Å²) in [5, 5.41) is 7.01. The van der Waals surface area contributed by atoms with Crippen molar-refractivity contribution in [1.29, 1.82) is 0 Å². The minimum atomic E-state index is -3.19. The summed E-state index contributed by atoms with van der Waals surface area (Å²) in [6, 6.07) is 0. The summed E-state index contributed by atoms with van der Waals surface area (Å²) in [6.45, 7) is 3.58. The molecule has 1 aromatic rings. The van der Waals surface area contributed by atoms with Gasteiger partial charge in [0.05, 0.1) is 11.9 Å². The minimum absolute atomic E-state index is 0.123. The maximum Gasteiger partial charge on any atom is 0.215 e. The molecule has 0 fully saturated rings. The molecule has 1 aromatic heterocycles. The van der Waals surface area contributed by atoms with Crippen molar-refractivity contribution < 1.29 is 8.42 Å². The van der Waals surface area contributed by atoms with Gasteiger partial charge in [-0.1, -0.05) is 6.92 Å². The van der Waals surface area contributed by atoms with E-state index in [-0.39, 0.29) is 5.75 Å². The van der Waals surface area contributed by atoms with Gasteiger partial charge in [0.2, 0.25) is 10.0 Å². The van der Waals surface area contributed by atoms with Crippen molar-refractivity contribution in [3.8, 4) is 0 Å². The predicted octanol–water partition coefficient (Wildman–Crippen LogP) is -0.209. The molecule has 0 atom stereocenters. The molecule has 0 aromatic carbocycles. The third-order valence-electron chi connectivity index (χ3n) is 2.43. The number of nitrogens with one attached hydrogen (secondary N) is 1. The molecule has 6 nitrogen and oxygen atoms in total. The molecule has 0 aliphatic rings. The number of aryl methyl sites for hydroxylation is 1. The minimum Gasteiger partial charge on any atom is -0.316 e. The molecule has 7 heteroatoms. The van der Waals surface area contributed by atoms with E-state index in [1.165, 1.54) is 4.31 Å². The van der Waals surface area contributed by atoms with Gasteiger partial charge in [0, 0.05) is 38.9 Å². The van der Waals surface area contributed by atoms with E-state index in [0.29, 0.717) is 13.1 Å². The van der Waals surface area contributed by atoms with E-state index in [2.05, 4.69) is 10.4 Å². The molecule has 0 bridgehead atoms. The van der Waals surface area contributed by atoms with E-state index in [1.807, 2.05) is 20.2 Å². The zero-order valence-electron chi connectivity index (χ0n) is 10.5. The highest BCUT2D eigenvalue weighted by molar-refractivity contribution is 7.89. The van der Waals surface area contributed by atoms with Crippen molar-refractivity contribution in [3.63, 3.8) is 0 Å². The molecule has 0 saturated heterocycles. The van der Waals surface area contributed by atoms with Crippen LogP contribution in [0.25, 0.3) is 0 Å². The van der Waals surface area contributed by atoms with Crippen LogP contribution in [0.3, 0.4) is 0 Å². The van der Waals surface area contributed by atoms with Crippen molar-refractivity contribution in [2.75, 3.05) is 25.9 Å². The maximum atomic E-state index is 11.9. The van der Waals surface area contributed by atoms with E-state index in [4.69, 9.17) is 0 Å². The summed E-state index contributed by atoms with van der Waals surface area (Å²) in [7, 11) is 0.213. The lowest BCUT2D eigenvalue weighted by Crippen LogP contribution is -2.33. The Morgan fingerprint density at radius 3 is 2.76 bits per heavy atom. The fraction of sp³-hybridized carbons (Fsp3) is 0.700. The second-order valence-corrected chi connectivity index (χ2v) is 6.14. The van der Waals surface area contributed by atoms with Crippen LogP contribution in [0, 0.1) is 0 Å². The molecule has 0 unspecified atom stereocenters. The highest BCUT2D eigenvalue weighted by Gasteiger charge is 2.17. The second-order valence-electron chi connectivity index (χ2n) is 3.95. The first-order valence-corrected chi connectivity index (χ1v) is 7.19. The van der Waals surface area contributed by atoms with Crippen LogP contribution in [0.5, 0.6) is 0 Å². The number of sulfonamides is 1. The predicted molar refractivity (Wildman–Crippen MR) is 67.0 cm³/mol. The summed E-state index contributed by atoms with van der Waals surface area (Å²) in [6.07, 6.45) is 3.49. The third kappa shape index (κ3) is 4.45. The largest absolute Gasteiger partial charge is 0.316 e. The van der Waals surface area contributed by atoms with E-state index < -0.39 is 10.0 Å². The average Bonchev–Trinajstić information content (AvgIpc) is 2.64. The molecule has 17 heavy (non-hydrogen) atoms. The number of hydrogen-bond donors (Lipinski definition) is 1. The first-order chi connectivity index (χ1) is 7.95. The quantitative estimate of drug-likeness (QED) is 0.689. The third-order valence-corrected chi connectivity index (χ3v) is 4.22. The lowest BCUT2D eigenvalue weighted by atomic mass is 10.4. The number of aromatic nitrogens is 2. The van der Waals surface area contributed by atoms with Gasteiger partial charge in [-0.25, -0.2) is 12.7 Å². The smallest absolute Gasteiger partial charge is 0.215 e. The van der Waals surface area contributed by atoms with Gasteiger partial charge in [-0.2, -0.15) is 5.10 Å². The number of hydrogen-bond acceptors (Lipinski definition) is 4. The van der Waals surface area contributed by atoms with Crippen LogP contribution in [0.15, 0.2) is 12.4 Å². The molecule has 0 spiro atoms. The van der Waals surface area contributed by atoms with Gasteiger partial charge >= 0.3 is 0 Å². The SMILES string of the molecule is CCNCCS(=O)(=O)N(C)Cc1cnn(C)c1. The summed E-state index contributed by atoms with van der Waals surface area (Å²) in [5.41, 5.74) is 0.891. The maximum absolute atomic E-state index is 11.9. The van der Waals surface area contributed by atoms with Gasteiger partial charge in [0.15, 0.2) is 0 Å². The van der Waals surface area contributed by atoms with Crippen LogP contribution in [-0.2, 0) is 23.6 Å². The Kier molecular flexibility index (Phi) is 5.10. The Labute approximate surface area is 103 Å². The standard InChI is InChI=1S/C10H20N4O2S/c1-4-11-5-6-17(15,16)14(3)9-10-7-12-13(2)8-10/h7-8,11H,4-6,9H2,1-3H3. The Morgan fingerprint density at radius 1 is 1.53 bits per heavy atom. The van der Waals surface area contributed by atoms with E-state index in [1.54, 1.807) is 17.9 Å². The first kappa shape index (κ1) is 14.1. The second kappa shape index (κ2) is 6.13. The Hall–Kier alpha value is -0.920. The number of nitrogens with zero attached hydrogens (tertiary/aromatic N) is 3. The monoisotopic (exact) mass is 260 g/mol. The molecule has 0 aliphatic carbocycles. The molecule has 0 saturated carbocycles. The van der Waals surface area contributed by atoms with Crippen molar-refractivity contribution in [2.24, 2.45) is 7.05 Å². The number of rotatable bonds is 7. The fourth-order valence-corrected chi connectivity index (χ4v) is 2.50. The van der Waals surface area contributed by atoms with Crippen molar-refractivity contribution in [1.82, 2.24) is 19.4 Å². The van der Waals surface area contributed by atoms with Crippen LogP contribution in [0.2, 0.25) is 0 Å². The molecule has 0 amide bonds. The summed E-state index contributed by atoms with van der Waals surface area (Å²) < 4.78 is 26.8. The molecular formula is C10H20N4O2S. The van der Waals surface area contributed by atoms with Crippen LogP contribution in [0.1, 0.15) is 12.5 Å². The zero-order chi connectivity index (χ0) is 12.9. The Bertz CT molecular complexity index is 441. The van der Waals surface area contributed by atoms with E-state index in [9.17, 15) is 8.42 Å². The van der Waals surface area contributed by atoms with Gasteiger partial charge in [-0.15, -0.1) is 0 Å². The highest BCUT2D eigenvalue weighted by atomic mass is 32.2. The molecule has 0 radical (unpaired) electrons. The molecule has 1 rings (SSSR count). The van der Waals surface area contributed by atoms with E-state index >= 15 is 0 Å². The van der Waals surface area contributed by atoms with Gasteiger partial charge in [-0.3, -0.25) is 4.68 Å². The summed E-state index contributed by atoms with van der Waals surface area (Å²) in [5.74, 6) is 0.123. The molecule has 98 valence electrons. The van der Waals surface area contributed by atoms with E-state index in [0.717, 1.165) is 12.1 Å². The van der Waals surface area contributed by atoms with Gasteiger partial charge in [0.1, 0.15) is 0 Å². The highest BCUT2D eigenvalue weighted by Crippen LogP contribution is 2.06. The van der Waals surface area contributed by atoms with Crippen molar-refractivity contribution in [3.05, 3.63) is 18.0 Å². The van der Waals surface area contributed by atoms with Crippen LogP contribution in [-0.4, -0.2) is 48.4 Å². The lowest BCUT2D eigenvalue weighted by molar-refractivity contribution is 0.465. The molecule has 1 N–H and O–H groups in total. The lowest BCUT2D eigenvalue weighted by Gasteiger charge is -2.16. The zero-order valence-corrected chi connectivity index (χ0v) is 11.4. The van der Waals surface area contributed by atoms with Gasteiger partial charge in [-0.05, 0) is 6.54 Å². The molecule has 0 aliphatic heterocycles. The Balaban J connectivity index is 2.53. The topological polar surface area (TPSA) is 67.2 Å². The fourth-order valence-electron chi connectivity index (χ4n) is 1.44. The van der Waals surface area contributed by atoms with Gasteiger partial charge in [0.25, 0.3) is 0 Å². The van der Waals surface area contributed by atoms with Gasteiger partial charge < -0.3 is 5.32 Å². The summed E-state index contributed by atoms with van der Waals surface area (Å²) >= 11 is 0. The van der Waals surface area contributed by atoms with Crippen molar-refractivity contribution >= 4 is 10.0 Å². The summed E-state index contributed by atoms with van der Waals surface area (Å²) in [4.78, 5) is 0. The van der Waals surface area contributed by atoms with Crippen LogP contribution >= 0.6 is 0 Å². The normalized spacial score (nSPS) is 12.2. The van der Waals surface area contributed by atoms with Crippen molar-refractivity contribution in [2.45, 2.75) is 13.5 Å². The first-order valence-electron chi connectivity index (χ1n) is 5.58. The van der Waals surface area contributed by atoms with Crippen LogP contribution < -0.4 is 5.32 Å². The Morgan fingerprint density at radius 2 is 2.24 bits per heavy atom. The molecular weight excluding hydrogens is 240 g/mol. The average molecular weight is 260 g/mol.